The van der Waals surface area contributed by atoms with Crippen molar-refractivity contribution in [3.63, 3.8) is 0 Å². The van der Waals surface area contributed by atoms with Gasteiger partial charge in [-0.25, -0.2) is 4.98 Å². The van der Waals surface area contributed by atoms with E-state index < -0.39 is 0 Å². The van der Waals surface area contributed by atoms with Gasteiger partial charge in [0.2, 0.25) is 5.95 Å². The van der Waals surface area contributed by atoms with E-state index in [1.807, 2.05) is 25.3 Å². The average molecular weight is 560 g/mol. The van der Waals surface area contributed by atoms with Gasteiger partial charge in [-0.2, -0.15) is 4.98 Å². The number of hydrogen-bond donors (Lipinski definition) is 2. The number of methoxy groups -OCH3 is 1. The maximum Gasteiger partial charge on any atom is 0.229 e. The van der Waals surface area contributed by atoms with Crippen molar-refractivity contribution in [2.45, 2.75) is 20.8 Å². The maximum absolute atomic E-state index is 5.79. The molecule has 0 saturated carbocycles. The number of benzene rings is 2. The molecule has 2 N–H and O–H groups in total. The van der Waals surface area contributed by atoms with Crippen LogP contribution < -0.4 is 24.6 Å². The molecule has 3 heterocycles. The first-order chi connectivity index (χ1) is 19.4. The number of hydrogen-bond acceptors (Lipinski definition) is 11. The zero-order chi connectivity index (χ0) is 28.2. The van der Waals surface area contributed by atoms with Crippen LogP contribution in [0.3, 0.4) is 0 Å². The smallest absolute Gasteiger partial charge is 0.229 e. The molecular weight excluding hydrogens is 522 g/mol. The lowest BCUT2D eigenvalue weighted by Gasteiger charge is -2.35. The zero-order valence-electron chi connectivity index (χ0n) is 24.0. The lowest BCUT2D eigenvalue weighted by atomic mass is 10.1. The molecule has 1 fully saturated rings. The molecule has 40 heavy (non-hydrogen) atoms. The van der Waals surface area contributed by atoms with Crippen LogP contribution in [0.4, 0.5) is 34.5 Å². The van der Waals surface area contributed by atoms with Crippen molar-refractivity contribution in [3.8, 4) is 5.75 Å². The fourth-order valence-corrected chi connectivity index (χ4v) is 5.59. The van der Waals surface area contributed by atoms with Crippen LogP contribution in [-0.4, -0.2) is 78.0 Å². The van der Waals surface area contributed by atoms with Crippen molar-refractivity contribution >= 4 is 57.5 Å². The Morgan fingerprint density at radius 1 is 0.975 bits per heavy atom. The molecule has 1 saturated heterocycles. The lowest BCUT2D eigenvalue weighted by molar-refractivity contribution is 0.312. The van der Waals surface area contributed by atoms with Crippen molar-refractivity contribution in [1.82, 2.24) is 24.8 Å². The third-order valence-electron chi connectivity index (χ3n) is 7.20. The summed E-state index contributed by atoms with van der Waals surface area (Å²) in [5.74, 6) is 1.95. The number of rotatable bonds is 9. The summed E-state index contributed by atoms with van der Waals surface area (Å²) in [5.41, 5.74) is 7.70. The number of piperazine rings is 1. The Labute approximate surface area is 240 Å². The van der Waals surface area contributed by atoms with Gasteiger partial charge in [0.1, 0.15) is 17.1 Å². The second-order valence-electron chi connectivity index (χ2n) is 9.87. The highest BCUT2D eigenvalue weighted by molar-refractivity contribution is 8.00. The van der Waals surface area contributed by atoms with Gasteiger partial charge in [-0.05, 0) is 51.6 Å². The lowest BCUT2D eigenvalue weighted by Crippen LogP contribution is -2.44. The van der Waals surface area contributed by atoms with Gasteiger partial charge in [0.25, 0.3) is 0 Å². The Morgan fingerprint density at radius 2 is 1.75 bits per heavy atom. The molecule has 1 aliphatic rings. The van der Waals surface area contributed by atoms with Crippen LogP contribution in [0.5, 0.6) is 5.75 Å². The quantitative estimate of drug-likeness (QED) is 0.259. The number of aromatic nitrogens is 4. The molecule has 5 rings (SSSR count). The number of nitrogens with zero attached hydrogens (tertiary/aromatic N) is 7. The highest BCUT2D eigenvalue weighted by Gasteiger charge is 2.20. The predicted octanol–water partition coefficient (Wildman–Crippen LogP) is 5.39. The molecule has 1 aliphatic heterocycles. The first-order valence-corrected chi connectivity index (χ1v) is 14.6. The van der Waals surface area contributed by atoms with E-state index in [1.54, 1.807) is 31.5 Å². The minimum absolute atomic E-state index is 0.484. The van der Waals surface area contributed by atoms with E-state index in [9.17, 15) is 0 Å². The summed E-state index contributed by atoms with van der Waals surface area (Å²) >= 11 is 1.65. The van der Waals surface area contributed by atoms with E-state index in [0.29, 0.717) is 11.8 Å². The summed E-state index contributed by atoms with van der Waals surface area (Å²) < 4.78 is 7.99. The Morgan fingerprint density at radius 3 is 2.48 bits per heavy atom. The molecule has 2 aromatic carbocycles. The third kappa shape index (κ3) is 5.71. The number of anilines is 6. The molecule has 0 aliphatic carbocycles. The average Bonchev–Trinajstić information content (AvgIpc) is 2.97. The summed E-state index contributed by atoms with van der Waals surface area (Å²) in [5, 5.41) is 6.94. The molecule has 0 amide bonds. The number of likely N-dealkylation sites (N-methyl/N-ethyl adjacent to an activating group) is 1. The molecular formula is C29H37N9OS. The summed E-state index contributed by atoms with van der Waals surface area (Å²) in [7, 11) is 3.86. The highest BCUT2D eigenvalue weighted by atomic mass is 32.2. The van der Waals surface area contributed by atoms with E-state index in [0.717, 1.165) is 72.1 Å². The van der Waals surface area contributed by atoms with Crippen LogP contribution in [-0.2, 0) is 0 Å². The highest BCUT2D eigenvalue weighted by Crippen LogP contribution is 2.38. The molecule has 0 radical (unpaired) electrons. The molecule has 4 aromatic rings. The van der Waals surface area contributed by atoms with Crippen LogP contribution in [0.2, 0.25) is 0 Å². The number of ether oxygens (including phenoxy) is 1. The van der Waals surface area contributed by atoms with Gasteiger partial charge in [-0.3, -0.25) is 9.97 Å². The maximum atomic E-state index is 5.79. The fourth-order valence-electron chi connectivity index (χ4n) is 4.96. The molecule has 0 unspecified atom stereocenters. The SMILES string of the molecule is CCN(SC)c1c(Nc2nc(Nc3cc(C)c(N4CCN(C)CC4)cc3OC)ncc2C)ccc2nccnc12. The van der Waals surface area contributed by atoms with E-state index >= 15 is 0 Å². The topological polar surface area (TPSA) is 94.6 Å². The summed E-state index contributed by atoms with van der Waals surface area (Å²) in [6, 6.07) is 8.23. The Hall–Kier alpha value is -3.83. The van der Waals surface area contributed by atoms with E-state index in [2.05, 4.69) is 79.0 Å². The van der Waals surface area contributed by atoms with E-state index in [1.165, 1.54) is 11.3 Å². The van der Waals surface area contributed by atoms with Gasteiger partial charge in [0, 0.05) is 74.9 Å². The first kappa shape index (κ1) is 27.7. The number of nitrogens with one attached hydrogen (secondary N) is 2. The predicted molar refractivity (Wildman–Crippen MR) is 167 cm³/mol. The normalized spacial score (nSPS) is 13.9. The monoisotopic (exact) mass is 559 g/mol. The minimum atomic E-state index is 0.484. The molecule has 2 aromatic heterocycles. The standard InChI is InChI=1S/C29H37N9OS/c1-7-38(40-6)27-22(9-8-21-26(27)31-11-10-30-21)33-28-20(3)18-32-29(35-28)34-23-16-19(2)24(17-25(23)39-5)37-14-12-36(4)13-15-37/h8-11,16-18H,7,12-15H2,1-6H3,(H2,32,33,34,35). The Kier molecular flexibility index (Phi) is 8.41. The second kappa shape index (κ2) is 12.1. The van der Waals surface area contributed by atoms with Gasteiger partial charge in [0.05, 0.1) is 29.7 Å². The molecule has 11 heteroatoms. The summed E-state index contributed by atoms with van der Waals surface area (Å²) in [4.78, 5) is 23.4. The van der Waals surface area contributed by atoms with Crippen LogP contribution in [0, 0.1) is 13.8 Å². The van der Waals surface area contributed by atoms with Gasteiger partial charge < -0.3 is 29.5 Å². The largest absolute Gasteiger partial charge is 0.494 e. The fraction of sp³-hybridized carbons (Fsp3) is 0.379. The van der Waals surface area contributed by atoms with E-state index in [-0.39, 0.29) is 0 Å². The number of fused-ring (bicyclic) bond motifs is 1. The van der Waals surface area contributed by atoms with Crippen molar-refractivity contribution in [1.29, 1.82) is 0 Å². The van der Waals surface area contributed by atoms with Crippen LogP contribution in [0.15, 0.2) is 42.9 Å². The molecule has 0 spiro atoms. The van der Waals surface area contributed by atoms with Crippen LogP contribution >= 0.6 is 11.9 Å². The van der Waals surface area contributed by atoms with Gasteiger partial charge >= 0.3 is 0 Å². The van der Waals surface area contributed by atoms with Gasteiger partial charge in [0.15, 0.2) is 0 Å². The number of aryl methyl sites for hydroxylation is 2. The van der Waals surface area contributed by atoms with Crippen molar-refractivity contribution < 1.29 is 4.74 Å². The van der Waals surface area contributed by atoms with Crippen LogP contribution in [0.25, 0.3) is 11.0 Å². The zero-order valence-corrected chi connectivity index (χ0v) is 24.8. The minimum Gasteiger partial charge on any atom is -0.494 e. The van der Waals surface area contributed by atoms with Gasteiger partial charge in [-0.15, -0.1) is 0 Å². The second-order valence-corrected chi connectivity index (χ2v) is 10.7. The molecule has 210 valence electrons. The Balaban J connectivity index is 1.45. The first-order valence-electron chi connectivity index (χ1n) is 13.5. The summed E-state index contributed by atoms with van der Waals surface area (Å²) in [6.07, 6.45) is 7.33. The van der Waals surface area contributed by atoms with Crippen molar-refractivity contribution in [2.24, 2.45) is 0 Å². The van der Waals surface area contributed by atoms with Gasteiger partial charge in [-0.1, -0.05) is 11.9 Å². The van der Waals surface area contributed by atoms with Crippen LogP contribution in [0.1, 0.15) is 18.1 Å². The molecule has 10 nitrogen and oxygen atoms in total. The summed E-state index contributed by atoms with van der Waals surface area (Å²) in [6.45, 7) is 11.2. The van der Waals surface area contributed by atoms with Crippen molar-refractivity contribution in [3.05, 3.63) is 54.0 Å². The van der Waals surface area contributed by atoms with Crippen molar-refractivity contribution in [2.75, 3.05) is 73.0 Å². The molecule has 0 bridgehead atoms. The molecule has 0 atom stereocenters. The Bertz CT molecular complexity index is 1490. The van der Waals surface area contributed by atoms with E-state index in [4.69, 9.17) is 9.72 Å². The third-order valence-corrected chi connectivity index (χ3v) is 8.09.